The van der Waals surface area contributed by atoms with Gasteiger partial charge < -0.3 is 9.88 Å². The molecule has 1 aromatic carbocycles. The van der Waals surface area contributed by atoms with Crippen molar-refractivity contribution in [2.24, 2.45) is 0 Å². The lowest BCUT2D eigenvalue weighted by Crippen LogP contribution is -2.27. The first kappa shape index (κ1) is 27.8. The third-order valence-electron chi connectivity index (χ3n) is 6.10. The molecule has 8 nitrogen and oxygen atoms in total. The Morgan fingerprint density at radius 3 is 2.33 bits per heavy atom. The summed E-state index contributed by atoms with van der Waals surface area (Å²) in [4.78, 5) is 32.3. The Bertz CT molecular complexity index is 1610. The number of aryl methyl sites for hydroxylation is 2. The number of hydrogen-bond donors (Lipinski definition) is 2. The number of alkyl halides is 6. The van der Waals surface area contributed by atoms with E-state index in [0.29, 0.717) is 41.6 Å². The molecule has 206 valence electrons. The van der Waals surface area contributed by atoms with Gasteiger partial charge in [0.2, 0.25) is 0 Å². The number of aromatic nitrogens is 5. The van der Waals surface area contributed by atoms with Gasteiger partial charge in [0.25, 0.3) is 11.1 Å². The van der Waals surface area contributed by atoms with Crippen molar-refractivity contribution in [1.82, 2.24) is 24.7 Å². The van der Waals surface area contributed by atoms with Crippen molar-refractivity contribution in [3.05, 3.63) is 80.4 Å². The van der Waals surface area contributed by atoms with Crippen molar-refractivity contribution in [3.8, 4) is 11.4 Å². The third kappa shape index (κ3) is 6.10. The SMILES string of the molecule is Cc1cn(CCC[C@H](C)Nc2cn[nH]c(=O)c2C(F)(F)F)c(=O)c2ccc(-c3ncc(C(F)(F)F)cn3)cc12. The Balaban J connectivity index is 1.48. The molecule has 3 aromatic heterocycles. The highest BCUT2D eigenvalue weighted by atomic mass is 19.4. The van der Waals surface area contributed by atoms with E-state index < -0.39 is 40.8 Å². The molecule has 0 saturated heterocycles. The van der Waals surface area contributed by atoms with Gasteiger partial charge in [-0.05, 0) is 49.8 Å². The van der Waals surface area contributed by atoms with E-state index in [1.54, 1.807) is 43.3 Å². The summed E-state index contributed by atoms with van der Waals surface area (Å²) >= 11 is 0. The number of rotatable bonds is 7. The van der Waals surface area contributed by atoms with Crippen LogP contribution < -0.4 is 16.4 Å². The average Bonchev–Trinajstić information content (AvgIpc) is 2.85. The number of anilines is 1. The highest BCUT2D eigenvalue weighted by Gasteiger charge is 2.37. The third-order valence-corrected chi connectivity index (χ3v) is 6.10. The molecule has 0 aliphatic heterocycles. The molecule has 14 heteroatoms. The van der Waals surface area contributed by atoms with Gasteiger partial charge in [0.05, 0.1) is 17.4 Å². The molecule has 0 bridgehead atoms. The maximum atomic E-state index is 13.2. The number of halogens is 6. The van der Waals surface area contributed by atoms with Crippen LogP contribution >= 0.6 is 0 Å². The number of nitrogens with zero attached hydrogens (tertiary/aromatic N) is 4. The lowest BCUT2D eigenvalue weighted by Gasteiger charge is -2.18. The molecule has 4 rings (SSSR count). The Morgan fingerprint density at radius 1 is 1.00 bits per heavy atom. The van der Waals surface area contributed by atoms with Gasteiger partial charge in [0.15, 0.2) is 5.82 Å². The van der Waals surface area contributed by atoms with Crippen molar-refractivity contribution in [2.75, 3.05) is 5.32 Å². The van der Waals surface area contributed by atoms with Crippen molar-refractivity contribution in [2.45, 2.75) is 51.6 Å². The zero-order chi connectivity index (χ0) is 28.5. The fourth-order valence-electron chi connectivity index (χ4n) is 4.20. The van der Waals surface area contributed by atoms with Gasteiger partial charge in [0.1, 0.15) is 5.56 Å². The second-order valence-electron chi connectivity index (χ2n) is 9.04. The zero-order valence-corrected chi connectivity index (χ0v) is 20.6. The standard InChI is InChI=1S/C25H22F6N6O2/c1-13-12-37(7-3-4-14(2)35-19-11-34-36-22(38)20(19)25(29,30)31)23(39)17-6-5-15(8-18(13)17)21-32-9-16(10-33-21)24(26,27)28/h5-6,8-12,14H,3-4,7H2,1-2H3,(H2,35,36,38)/t14-/m0/s1. The second-order valence-corrected chi connectivity index (χ2v) is 9.04. The van der Waals surface area contributed by atoms with Crippen molar-refractivity contribution in [3.63, 3.8) is 0 Å². The Kier molecular flexibility index (Phi) is 7.48. The van der Waals surface area contributed by atoms with Gasteiger partial charge in [-0.3, -0.25) is 9.59 Å². The maximum Gasteiger partial charge on any atom is 0.423 e. The van der Waals surface area contributed by atoms with Crippen LogP contribution in [0.2, 0.25) is 0 Å². The number of aromatic amines is 1. The van der Waals surface area contributed by atoms with Crippen LogP contribution in [0, 0.1) is 6.92 Å². The molecular weight excluding hydrogens is 530 g/mol. The second kappa shape index (κ2) is 10.5. The number of benzene rings is 1. The van der Waals surface area contributed by atoms with Gasteiger partial charge in [0, 0.05) is 42.1 Å². The monoisotopic (exact) mass is 552 g/mol. The molecule has 0 fully saturated rings. The molecule has 2 N–H and O–H groups in total. The smallest absolute Gasteiger partial charge is 0.381 e. The minimum atomic E-state index is -4.85. The Labute approximate surface area is 216 Å². The van der Waals surface area contributed by atoms with Crippen LogP contribution in [0.4, 0.5) is 32.0 Å². The predicted molar refractivity (Wildman–Crippen MR) is 131 cm³/mol. The fourth-order valence-corrected chi connectivity index (χ4v) is 4.20. The summed E-state index contributed by atoms with van der Waals surface area (Å²) in [6.45, 7) is 3.71. The van der Waals surface area contributed by atoms with Crippen molar-refractivity contribution < 1.29 is 26.3 Å². The topological polar surface area (TPSA) is 106 Å². The van der Waals surface area contributed by atoms with E-state index in [0.717, 1.165) is 11.8 Å². The van der Waals surface area contributed by atoms with E-state index >= 15 is 0 Å². The van der Waals surface area contributed by atoms with Crippen LogP contribution in [0.3, 0.4) is 0 Å². The molecule has 0 unspecified atom stereocenters. The number of fused-ring (bicyclic) bond motifs is 1. The quantitative estimate of drug-likeness (QED) is 0.307. The lowest BCUT2D eigenvalue weighted by atomic mass is 10.0. The molecule has 0 amide bonds. The summed E-state index contributed by atoms with van der Waals surface area (Å²) in [6.07, 6.45) is -4.64. The largest absolute Gasteiger partial charge is 0.423 e. The van der Waals surface area contributed by atoms with E-state index in [-0.39, 0.29) is 17.9 Å². The molecule has 0 spiro atoms. The van der Waals surface area contributed by atoms with Gasteiger partial charge >= 0.3 is 12.4 Å². The molecular formula is C25H22F6N6O2. The summed E-state index contributed by atoms with van der Waals surface area (Å²) in [5.74, 6) is 0.0826. The normalized spacial score (nSPS) is 13.0. The van der Waals surface area contributed by atoms with Crippen LogP contribution in [0.5, 0.6) is 0 Å². The number of pyridine rings is 1. The number of H-pyrrole nitrogens is 1. The molecule has 1 atom stereocenters. The van der Waals surface area contributed by atoms with Crippen molar-refractivity contribution in [1.29, 1.82) is 0 Å². The summed E-state index contributed by atoms with van der Waals surface area (Å²) in [5, 5.41) is 8.86. The molecule has 0 saturated carbocycles. The van der Waals surface area contributed by atoms with Crippen molar-refractivity contribution >= 4 is 16.5 Å². The minimum Gasteiger partial charge on any atom is -0.381 e. The predicted octanol–water partition coefficient (Wildman–Crippen LogP) is 5.17. The van der Waals surface area contributed by atoms with Gasteiger partial charge in [-0.2, -0.15) is 31.4 Å². The molecule has 0 aliphatic rings. The summed E-state index contributed by atoms with van der Waals surface area (Å²) in [7, 11) is 0. The lowest BCUT2D eigenvalue weighted by molar-refractivity contribution is -0.139. The first-order valence-corrected chi connectivity index (χ1v) is 11.7. The van der Waals surface area contributed by atoms with E-state index in [9.17, 15) is 35.9 Å². The van der Waals surface area contributed by atoms with Gasteiger partial charge in [-0.15, -0.1) is 0 Å². The summed E-state index contributed by atoms with van der Waals surface area (Å²) in [6, 6.07) is 4.29. The average molecular weight is 552 g/mol. The summed E-state index contributed by atoms with van der Waals surface area (Å²) in [5.41, 5.74) is -3.21. The van der Waals surface area contributed by atoms with Gasteiger partial charge in [-0.25, -0.2) is 15.1 Å². The van der Waals surface area contributed by atoms with Crippen LogP contribution in [0.1, 0.15) is 36.5 Å². The molecule has 39 heavy (non-hydrogen) atoms. The number of nitrogens with one attached hydrogen (secondary N) is 2. The zero-order valence-electron chi connectivity index (χ0n) is 20.6. The van der Waals surface area contributed by atoms with Crippen LogP contribution in [0.15, 0.2) is 52.6 Å². The highest BCUT2D eigenvalue weighted by Crippen LogP contribution is 2.32. The number of hydrogen-bond acceptors (Lipinski definition) is 6. The van der Waals surface area contributed by atoms with Crippen LogP contribution in [-0.2, 0) is 18.9 Å². The Hall–Kier alpha value is -4.23. The van der Waals surface area contributed by atoms with Gasteiger partial charge in [-0.1, -0.05) is 6.07 Å². The minimum absolute atomic E-state index is 0.0826. The van der Waals surface area contributed by atoms with Crippen LogP contribution in [-0.4, -0.2) is 30.8 Å². The van der Waals surface area contributed by atoms with E-state index in [4.69, 9.17) is 0 Å². The molecule has 4 aromatic rings. The van der Waals surface area contributed by atoms with Crippen LogP contribution in [0.25, 0.3) is 22.2 Å². The van der Waals surface area contributed by atoms with E-state index in [1.807, 2.05) is 0 Å². The summed E-state index contributed by atoms with van der Waals surface area (Å²) < 4.78 is 79.6. The van der Waals surface area contributed by atoms with E-state index in [1.165, 1.54) is 4.57 Å². The van der Waals surface area contributed by atoms with E-state index in [2.05, 4.69) is 20.4 Å². The first-order valence-electron chi connectivity index (χ1n) is 11.7. The molecule has 3 heterocycles. The fraction of sp³-hybridized carbons (Fsp3) is 0.320. The molecule has 0 radical (unpaired) electrons. The maximum absolute atomic E-state index is 13.2. The first-order chi connectivity index (χ1) is 18.3. The molecule has 0 aliphatic carbocycles. The highest BCUT2D eigenvalue weighted by molar-refractivity contribution is 5.88. The Morgan fingerprint density at radius 2 is 1.69 bits per heavy atom.